The first kappa shape index (κ1) is 17.1. The fourth-order valence-electron chi connectivity index (χ4n) is 1.85. The lowest BCUT2D eigenvalue weighted by atomic mass is 10.1. The van der Waals surface area contributed by atoms with Gasteiger partial charge in [-0.05, 0) is 47.6 Å². The second-order valence-corrected chi connectivity index (χ2v) is 5.15. The average Bonchev–Trinajstić information content (AvgIpc) is 2.50. The highest BCUT2D eigenvalue weighted by Crippen LogP contribution is 2.30. The van der Waals surface area contributed by atoms with Gasteiger partial charge in [-0.15, -0.1) is 0 Å². The van der Waals surface area contributed by atoms with Crippen LogP contribution in [0.15, 0.2) is 42.7 Å². The Hall–Kier alpha value is -2.22. The summed E-state index contributed by atoms with van der Waals surface area (Å²) in [7, 11) is 0. The molecule has 0 radical (unpaired) electrons. The molecule has 1 aromatic heterocycles. The molecule has 0 aliphatic heterocycles. The van der Waals surface area contributed by atoms with Crippen LogP contribution in [0.1, 0.15) is 16.7 Å². The summed E-state index contributed by atoms with van der Waals surface area (Å²) in [5, 5.41) is 5.89. The molecule has 2 N–H and O–H groups in total. The Labute approximate surface area is 135 Å². The van der Waals surface area contributed by atoms with Gasteiger partial charge >= 0.3 is 6.18 Å². The molecule has 0 amide bonds. The van der Waals surface area contributed by atoms with Crippen LogP contribution in [0.4, 0.5) is 17.6 Å². The third-order valence-corrected chi connectivity index (χ3v) is 3.20. The fourth-order valence-corrected chi connectivity index (χ4v) is 1.99. The zero-order chi connectivity index (χ0) is 16.9. The van der Waals surface area contributed by atoms with E-state index in [0.29, 0.717) is 12.6 Å². The molecule has 0 saturated heterocycles. The van der Waals surface area contributed by atoms with Crippen LogP contribution < -0.4 is 10.6 Å². The minimum atomic E-state index is -4.59. The summed E-state index contributed by atoms with van der Waals surface area (Å²) >= 11 is 5.03. The van der Waals surface area contributed by atoms with Gasteiger partial charge < -0.3 is 10.6 Å². The van der Waals surface area contributed by atoms with Crippen molar-refractivity contribution in [3.8, 4) is 0 Å². The molecule has 0 atom stereocenters. The SMILES string of the molecule is Fc1cc(CNC(=S)NCc2cccnc2)cc(C(F)(F)F)c1. The lowest BCUT2D eigenvalue weighted by Crippen LogP contribution is -2.34. The van der Waals surface area contributed by atoms with E-state index < -0.39 is 17.6 Å². The smallest absolute Gasteiger partial charge is 0.359 e. The Kier molecular flexibility index (Phi) is 5.49. The molecule has 0 fully saturated rings. The maximum absolute atomic E-state index is 13.3. The molecule has 1 aromatic carbocycles. The molecule has 0 saturated carbocycles. The Morgan fingerprint density at radius 2 is 1.78 bits per heavy atom. The topological polar surface area (TPSA) is 37.0 Å². The maximum Gasteiger partial charge on any atom is 0.416 e. The van der Waals surface area contributed by atoms with Gasteiger partial charge in [0.05, 0.1) is 5.56 Å². The van der Waals surface area contributed by atoms with E-state index in [1.165, 1.54) is 0 Å². The minimum Gasteiger partial charge on any atom is -0.359 e. The molecule has 122 valence electrons. The first-order valence-electron chi connectivity index (χ1n) is 6.62. The molecule has 0 aliphatic carbocycles. The number of nitrogens with zero attached hydrogens (tertiary/aromatic N) is 1. The highest BCUT2D eigenvalue weighted by Gasteiger charge is 2.31. The zero-order valence-electron chi connectivity index (χ0n) is 11.8. The van der Waals surface area contributed by atoms with E-state index in [0.717, 1.165) is 17.7 Å². The van der Waals surface area contributed by atoms with Crippen molar-refractivity contribution in [2.75, 3.05) is 0 Å². The van der Waals surface area contributed by atoms with E-state index in [1.807, 2.05) is 6.07 Å². The van der Waals surface area contributed by atoms with Crippen LogP contribution in [-0.4, -0.2) is 10.1 Å². The second kappa shape index (κ2) is 7.36. The number of aromatic nitrogens is 1. The third kappa shape index (κ3) is 5.48. The monoisotopic (exact) mass is 343 g/mol. The first-order valence-corrected chi connectivity index (χ1v) is 7.02. The predicted molar refractivity (Wildman–Crippen MR) is 81.9 cm³/mol. The van der Waals surface area contributed by atoms with Crippen LogP contribution in [0.3, 0.4) is 0 Å². The molecular weight excluding hydrogens is 330 g/mol. The number of hydrogen-bond acceptors (Lipinski definition) is 2. The number of thiocarbonyl (C=S) groups is 1. The highest BCUT2D eigenvalue weighted by atomic mass is 32.1. The van der Waals surface area contributed by atoms with Crippen molar-refractivity contribution in [2.45, 2.75) is 19.3 Å². The van der Waals surface area contributed by atoms with Gasteiger partial charge in [0.15, 0.2) is 5.11 Å². The number of nitrogens with one attached hydrogen (secondary N) is 2. The van der Waals surface area contributed by atoms with E-state index in [-0.39, 0.29) is 17.2 Å². The molecule has 1 heterocycles. The molecule has 3 nitrogen and oxygen atoms in total. The van der Waals surface area contributed by atoms with Gasteiger partial charge in [0, 0.05) is 25.5 Å². The Balaban J connectivity index is 1.90. The van der Waals surface area contributed by atoms with Crippen molar-refractivity contribution >= 4 is 17.3 Å². The van der Waals surface area contributed by atoms with E-state index in [4.69, 9.17) is 12.2 Å². The molecule has 2 aromatic rings. The normalized spacial score (nSPS) is 11.1. The van der Waals surface area contributed by atoms with E-state index in [9.17, 15) is 17.6 Å². The Morgan fingerprint density at radius 1 is 1.09 bits per heavy atom. The summed E-state index contributed by atoms with van der Waals surface area (Å²) in [5.41, 5.74) is 0.0353. The van der Waals surface area contributed by atoms with Crippen molar-refractivity contribution in [1.29, 1.82) is 0 Å². The van der Waals surface area contributed by atoms with Gasteiger partial charge in [-0.3, -0.25) is 4.98 Å². The largest absolute Gasteiger partial charge is 0.416 e. The number of halogens is 4. The van der Waals surface area contributed by atoms with Crippen molar-refractivity contribution in [3.63, 3.8) is 0 Å². The standard InChI is InChI=1S/C15H13F4N3S/c16-13-5-11(4-12(6-13)15(17,18)19)9-22-14(23)21-8-10-2-1-3-20-7-10/h1-7H,8-9H2,(H2,21,22,23). The molecule has 2 rings (SSSR count). The molecule has 0 unspecified atom stereocenters. The predicted octanol–water partition coefficient (Wildman–Crippen LogP) is 3.40. The van der Waals surface area contributed by atoms with E-state index >= 15 is 0 Å². The van der Waals surface area contributed by atoms with Gasteiger partial charge in [0.2, 0.25) is 0 Å². The summed E-state index contributed by atoms with van der Waals surface area (Å²) in [4.78, 5) is 3.95. The second-order valence-electron chi connectivity index (χ2n) is 4.74. The lowest BCUT2D eigenvalue weighted by molar-refractivity contribution is -0.137. The summed E-state index contributed by atoms with van der Waals surface area (Å²) in [6, 6.07) is 6.01. The number of hydrogen-bond donors (Lipinski definition) is 2. The van der Waals surface area contributed by atoms with Gasteiger partial charge in [0.25, 0.3) is 0 Å². The van der Waals surface area contributed by atoms with Crippen molar-refractivity contribution in [2.24, 2.45) is 0 Å². The van der Waals surface area contributed by atoms with Gasteiger partial charge in [0.1, 0.15) is 5.82 Å². The summed E-state index contributed by atoms with van der Waals surface area (Å²) in [6.45, 7) is 0.413. The molecule has 8 heteroatoms. The number of benzene rings is 1. The van der Waals surface area contributed by atoms with Gasteiger partial charge in [-0.2, -0.15) is 13.2 Å². The highest BCUT2D eigenvalue weighted by molar-refractivity contribution is 7.80. The zero-order valence-corrected chi connectivity index (χ0v) is 12.6. The van der Waals surface area contributed by atoms with Crippen LogP contribution >= 0.6 is 12.2 Å². The number of alkyl halides is 3. The van der Waals surface area contributed by atoms with E-state index in [1.54, 1.807) is 18.5 Å². The maximum atomic E-state index is 13.3. The fraction of sp³-hybridized carbons (Fsp3) is 0.200. The summed E-state index contributed by atoms with van der Waals surface area (Å²) in [5.74, 6) is -0.939. The van der Waals surface area contributed by atoms with Crippen LogP contribution in [0.2, 0.25) is 0 Å². The Bertz CT molecular complexity index is 674. The van der Waals surface area contributed by atoms with Crippen LogP contribution in [-0.2, 0) is 19.3 Å². The first-order chi connectivity index (χ1) is 10.8. The van der Waals surface area contributed by atoms with Crippen LogP contribution in [0, 0.1) is 5.82 Å². The quantitative estimate of drug-likeness (QED) is 0.659. The summed E-state index contributed by atoms with van der Waals surface area (Å²) in [6.07, 6.45) is -1.28. The molecule has 23 heavy (non-hydrogen) atoms. The van der Waals surface area contributed by atoms with Crippen LogP contribution in [0.5, 0.6) is 0 Å². The van der Waals surface area contributed by atoms with Crippen molar-refractivity contribution < 1.29 is 17.6 Å². The third-order valence-electron chi connectivity index (χ3n) is 2.91. The average molecular weight is 343 g/mol. The molecule has 0 aliphatic rings. The van der Waals surface area contributed by atoms with Crippen LogP contribution in [0.25, 0.3) is 0 Å². The summed E-state index contributed by atoms with van der Waals surface area (Å²) < 4.78 is 51.1. The minimum absolute atomic E-state index is 0.0142. The molecule has 0 spiro atoms. The number of pyridine rings is 1. The van der Waals surface area contributed by atoms with E-state index in [2.05, 4.69) is 15.6 Å². The van der Waals surface area contributed by atoms with Gasteiger partial charge in [-0.1, -0.05) is 6.07 Å². The Morgan fingerprint density at radius 3 is 2.39 bits per heavy atom. The molecule has 0 bridgehead atoms. The molecular formula is C15H13F4N3S. The lowest BCUT2D eigenvalue weighted by Gasteiger charge is -2.12. The van der Waals surface area contributed by atoms with Gasteiger partial charge in [-0.25, -0.2) is 4.39 Å². The van der Waals surface area contributed by atoms with Crippen molar-refractivity contribution in [3.05, 3.63) is 65.2 Å². The van der Waals surface area contributed by atoms with Crippen molar-refractivity contribution in [1.82, 2.24) is 15.6 Å². The number of rotatable bonds is 4.